The van der Waals surface area contributed by atoms with E-state index in [0.29, 0.717) is 11.4 Å². The second-order valence-corrected chi connectivity index (χ2v) is 3.29. The van der Waals surface area contributed by atoms with E-state index >= 15 is 0 Å². The molecule has 1 aromatic heterocycles. The Morgan fingerprint density at radius 2 is 1.87 bits per heavy atom. The van der Waals surface area contributed by atoms with Gasteiger partial charge in [0.25, 0.3) is 0 Å². The molecule has 0 fully saturated rings. The Bertz CT molecular complexity index is 454. The van der Waals surface area contributed by atoms with Crippen LogP contribution >= 0.6 is 0 Å². The molecule has 3 nitrogen and oxygen atoms in total. The van der Waals surface area contributed by atoms with Crippen molar-refractivity contribution in [1.29, 1.82) is 0 Å². The number of aromatic nitrogens is 1. The number of nitrogens with zero attached hydrogens (tertiary/aromatic N) is 1. The topological polar surface area (TPSA) is 59.1 Å². The van der Waals surface area contributed by atoms with Gasteiger partial charge in [-0.3, -0.25) is 0 Å². The summed E-state index contributed by atoms with van der Waals surface area (Å²) in [5.41, 5.74) is 8.31. The molecule has 2 rings (SSSR count). The molecule has 0 aliphatic rings. The molecule has 0 radical (unpaired) electrons. The van der Waals surface area contributed by atoms with Crippen LogP contribution in [0.5, 0.6) is 0 Å². The van der Waals surface area contributed by atoms with Crippen molar-refractivity contribution in [2.24, 2.45) is 0 Å². The van der Waals surface area contributed by atoms with Gasteiger partial charge in [-0.05, 0) is 11.6 Å². The maximum absolute atomic E-state index is 9.07. The number of hydrogen-bond donors (Lipinski definition) is 2. The maximum Gasteiger partial charge on any atom is 0.128 e. The first-order valence-corrected chi connectivity index (χ1v) is 4.72. The molecule has 3 N–H and O–H groups in total. The molecule has 1 aromatic carbocycles. The average Bonchev–Trinajstić information content (AvgIpc) is 2.31. The fraction of sp³-hybridized carbons (Fsp3) is 0.0833. The summed E-state index contributed by atoms with van der Waals surface area (Å²) < 4.78 is 0. The van der Waals surface area contributed by atoms with E-state index in [1.165, 1.54) is 0 Å². The van der Waals surface area contributed by atoms with Crippen molar-refractivity contribution in [3.05, 3.63) is 48.2 Å². The molecule has 0 aliphatic heterocycles. The Morgan fingerprint density at radius 3 is 2.53 bits per heavy atom. The van der Waals surface area contributed by atoms with Crippen molar-refractivity contribution in [2.45, 2.75) is 6.61 Å². The van der Waals surface area contributed by atoms with Gasteiger partial charge >= 0.3 is 0 Å². The Morgan fingerprint density at radius 1 is 1.13 bits per heavy atom. The third-order valence-corrected chi connectivity index (χ3v) is 2.28. The van der Waals surface area contributed by atoms with Gasteiger partial charge in [-0.2, -0.15) is 0 Å². The summed E-state index contributed by atoms with van der Waals surface area (Å²) in [6.45, 7) is -0.0838. The minimum Gasteiger partial charge on any atom is -0.392 e. The van der Waals surface area contributed by atoms with Crippen molar-refractivity contribution < 1.29 is 5.11 Å². The lowest BCUT2D eigenvalue weighted by Crippen LogP contribution is -1.97. The first-order valence-electron chi connectivity index (χ1n) is 4.72. The van der Waals surface area contributed by atoms with Gasteiger partial charge in [0.05, 0.1) is 6.61 Å². The minimum absolute atomic E-state index is 0.0838. The highest BCUT2D eigenvalue weighted by atomic mass is 16.3. The van der Waals surface area contributed by atoms with Crippen LogP contribution in [0.25, 0.3) is 11.1 Å². The molecule has 0 atom stereocenters. The Labute approximate surface area is 88.2 Å². The van der Waals surface area contributed by atoms with E-state index in [9.17, 15) is 0 Å². The standard InChI is InChI=1S/C12H12N2O/c13-12-11(8-15)6-10(7-14-12)9-4-2-1-3-5-9/h1-7,15H,8H2,(H2,13,14). The van der Waals surface area contributed by atoms with Crippen LogP contribution in [0.3, 0.4) is 0 Å². The number of hydrogen-bond acceptors (Lipinski definition) is 3. The van der Waals surface area contributed by atoms with Crippen LogP contribution in [0.15, 0.2) is 42.6 Å². The van der Waals surface area contributed by atoms with Gasteiger partial charge in [-0.1, -0.05) is 30.3 Å². The van der Waals surface area contributed by atoms with E-state index in [0.717, 1.165) is 11.1 Å². The summed E-state index contributed by atoms with van der Waals surface area (Å²) in [5.74, 6) is 0.386. The zero-order valence-electron chi connectivity index (χ0n) is 8.22. The van der Waals surface area contributed by atoms with Crippen molar-refractivity contribution >= 4 is 5.82 Å². The van der Waals surface area contributed by atoms with Gasteiger partial charge in [-0.25, -0.2) is 4.98 Å². The summed E-state index contributed by atoms with van der Waals surface area (Å²) in [7, 11) is 0. The molecule has 0 saturated heterocycles. The molecule has 0 unspecified atom stereocenters. The highest BCUT2D eigenvalue weighted by molar-refractivity contribution is 5.64. The SMILES string of the molecule is Nc1ncc(-c2ccccc2)cc1CO. The van der Waals surface area contributed by atoms with Gasteiger partial charge in [0, 0.05) is 17.3 Å². The first kappa shape index (κ1) is 9.68. The monoisotopic (exact) mass is 200 g/mol. The molecule has 1 heterocycles. The summed E-state index contributed by atoms with van der Waals surface area (Å²) in [4.78, 5) is 4.04. The van der Waals surface area contributed by atoms with Gasteiger partial charge in [0.1, 0.15) is 5.82 Å². The van der Waals surface area contributed by atoms with Crippen LogP contribution in [-0.4, -0.2) is 10.1 Å². The van der Waals surface area contributed by atoms with Gasteiger partial charge < -0.3 is 10.8 Å². The van der Waals surface area contributed by atoms with E-state index in [1.54, 1.807) is 6.20 Å². The third-order valence-electron chi connectivity index (χ3n) is 2.28. The molecule has 0 bridgehead atoms. The molecule has 0 spiro atoms. The molecule has 76 valence electrons. The second kappa shape index (κ2) is 4.11. The highest BCUT2D eigenvalue weighted by Gasteiger charge is 2.02. The van der Waals surface area contributed by atoms with Gasteiger partial charge in [0.15, 0.2) is 0 Å². The molecular formula is C12H12N2O. The van der Waals surface area contributed by atoms with Crippen LogP contribution in [0.4, 0.5) is 5.82 Å². The average molecular weight is 200 g/mol. The summed E-state index contributed by atoms with van der Waals surface area (Å²) in [6, 6.07) is 11.7. The lowest BCUT2D eigenvalue weighted by atomic mass is 10.1. The predicted molar refractivity (Wildman–Crippen MR) is 60.0 cm³/mol. The predicted octanol–water partition coefficient (Wildman–Crippen LogP) is 1.82. The second-order valence-electron chi connectivity index (χ2n) is 3.29. The van der Waals surface area contributed by atoms with Gasteiger partial charge in [-0.15, -0.1) is 0 Å². The van der Waals surface area contributed by atoms with E-state index in [-0.39, 0.29) is 6.61 Å². The highest BCUT2D eigenvalue weighted by Crippen LogP contribution is 2.21. The number of pyridine rings is 1. The van der Waals surface area contributed by atoms with E-state index in [2.05, 4.69) is 4.98 Å². The lowest BCUT2D eigenvalue weighted by molar-refractivity contribution is 0.282. The third kappa shape index (κ3) is 1.97. The van der Waals surface area contributed by atoms with Crippen LogP contribution in [0.1, 0.15) is 5.56 Å². The fourth-order valence-electron chi connectivity index (χ4n) is 1.44. The van der Waals surface area contributed by atoms with E-state index < -0.39 is 0 Å². The van der Waals surface area contributed by atoms with Crippen LogP contribution in [-0.2, 0) is 6.61 Å². The molecule has 0 amide bonds. The maximum atomic E-state index is 9.07. The van der Waals surface area contributed by atoms with Crippen molar-refractivity contribution in [3.63, 3.8) is 0 Å². The van der Waals surface area contributed by atoms with Crippen molar-refractivity contribution in [3.8, 4) is 11.1 Å². The molecule has 0 saturated carbocycles. The molecule has 0 aliphatic carbocycles. The number of aliphatic hydroxyl groups is 1. The summed E-state index contributed by atoms with van der Waals surface area (Å²) >= 11 is 0. The van der Waals surface area contributed by atoms with Gasteiger partial charge in [0.2, 0.25) is 0 Å². The number of aliphatic hydroxyl groups excluding tert-OH is 1. The van der Waals surface area contributed by atoms with Crippen LogP contribution in [0.2, 0.25) is 0 Å². The van der Waals surface area contributed by atoms with E-state index in [4.69, 9.17) is 10.8 Å². The Balaban J connectivity index is 2.46. The molecule has 15 heavy (non-hydrogen) atoms. The molecule has 2 aromatic rings. The normalized spacial score (nSPS) is 10.2. The number of benzene rings is 1. The van der Waals surface area contributed by atoms with Crippen LogP contribution in [0, 0.1) is 0 Å². The first-order chi connectivity index (χ1) is 7.31. The Kier molecular flexibility index (Phi) is 2.65. The quantitative estimate of drug-likeness (QED) is 0.777. The Hall–Kier alpha value is -1.87. The van der Waals surface area contributed by atoms with E-state index in [1.807, 2.05) is 36.4 Å². The van der Waals surface area contributed by atoms with Crippen molar-refractivity contribution in [2.75, 3.05) is 5.73 Å². The molecular weight excluding hydrogens is 188 g/mol. The summed E-state index contributed by atoms with van der Waals surface area (Å²) in [6.07, 6.45) is 1.71. The number of nitrogen functional groups attached to an aromatic ring is 1. The fourth-order valence-corrected chi connectivity index (χ4v) is 1.44. The van der Waals surface area contributed by atoms with Crippen molar-refractivity contribution in [1.82, 2.24) is 4.98 Å². The largest absolute Gasteiger partial charge is 0.392 e. The number of anilines is 1. The lowest BCUT2D eigenvalue weighted by Gasteiger charge is -2.05. The van der Waals surface area contributed by atoms with Crippen LogP contribution < -0.4 is 5.73 Å². The number of nitrogens with two attached hydrogens (primary N) is 1. The summed E-state index contributed by atoms with van der Waals surface area (Å²) in [5, 5.41) is 9.07. The number of rotatable bonds is 2. The zero-order chi connectivity index (χ0) is 10.7. The minimum atomic E-state index is -0.0838. The zero-order valence-corrected chi connectivity index (χ0v) is 8.22. The smallest absolute Gasteiger partial charge is 0.128 e. The molecule has 3 heteroatoms.